The predicted octanol–water partition coefficient (Wildman–Crippen LogP) is 5.85. The summed E-state index contributed by atoms with van der Waals surface area (Å²) >= 11 is 12.0. The lowest BCUT2D eigenvalue weighted by Gasteiger charge is -2.21. The van der Waals surface area contributed by atoms with Crippen molar-refractivity contribution in [3.63, 3.8) is 0 Å². The van der Waals surface area contributed by atoms with Crippen LogP contribution in [-0.2, 0) is 20.9 Å². The van der Waals surface area contributed by atoms with Gasteiger partial charge in [0.05, 0.1) is 6.04 Å². The zero-order valence-corrected chi connectivity index (χ0v) is 18.0. The summed E-state index contributed by atoms with van der Waals surface area (Å²) in [4.78, 5) is 24.4. The minimum atomic E-state index is -0.739. The Kier molecular flexibility index (Phi) is 9.29. The molecule has 0 spiro atoms. The molecule has 2 unspecified atom stereocenters. The van der Waals surface area contributed by atoms with Crippen molar-refractivity contribution in [2.75, 3.05) is 0 Å². The fourth-order valence-corrected chi connectivity index (χ4v) is 2.71. The molecule has 0 aliphatic rings. The van der Waals surface area contributed by atoms with Gasteiger partial charge in [0, 0.05) is 17.4 Å². The molecule has 0 saturated heterocycles. The molecule has 156 valence electrons. The highest BCUT2D eigenvalue weighted by molar-refractivity contribution is 6.30. The third-order valence-corrected chi connectivity index (χ3v) is 5.03. The fraction of sp³-hybridized carbons (Fsp3) is 0.364. The molecule has 0 fully saturated rings. The van der Waals surface area contributed by atoms with Crippen molar-refractivity contribution in [1.82, 2.24) is 5.32 Å². The van der Waals surface area contributed by atoms with Gasteiger partial charge in [-0.05, 0) is 29.7 Å². The van der Waals surface area contributed by atoms with Crippen LogP contribution in [-0.4, -0.2) is 17.6 Å². The molecule has 2 aromatic rings. The van der Waals surface area contributed by atoms with Crippen LogP contribution in [0.15, 0.2) is 54.6 Å². The molecule has 1 N–H and O–H groups in total. The average molecular weight is 438 g/mol. The first-order chi connectivity index (χ1) is 13.8. The van der Waals surface area contributed by atoms with E-state index in [0.29, 0.717) is 11.4 Å². The monoisotopic (exact) mass is 437 g/mol. The summed E-state index contributed by atoms with van der Waals surface area (Å²) < 4.78 is 10.5. The van der Waals surface area contributed by atoms with E-state index in [-0.39, 0.29) is 24.9 Å². The minimum Gasteiger partial charge on any atom is -0.461 e. The van der Waals surface area contributed by atoms with Gasteiger partial charge in [-0.15, -0.1) is 0 Å². The first-order valence-corrected chi connectivity index (χ1v) is 10.2. The largest absolute Gasteiger partial charge is 0.461 e. The molecular formula is C22H25Cl2NO4. The van der Waals surface area contributed by atoms with Crippen molar-refractivity contribution in [3.8, 4) is 0 Å². The topological polar surface area (TPSA) is 64.6 Å². The highest BCUT2D eigenvalue weighted by atomic mass is 35.5. The van der Waals surface area contributed by atoms with Gasteiger partial charge in [-0.25, -0.2) is 4.79 Å². The number of amides is 1. The Morgan fingerprint density at radius 3 is 2.31 bits per heavy atom. The molecule has 0 aromatic heterocycles. The molecule has 0 heterocycles. The third kappa shape index (κ3) is 8.34. The van der Waals surface area contributed by atoms with E-state index in [1.165, 1.54) is 0 Å². The number of carbonyl (C=O) groups excluding carboxylic acids is 2. The van der Waals surface area contributed by atoms with Crippen LogP contribution in [0.1, 0.15) is 43.9 Å². The summed E-state index contributed by atoms with van der Waals surface area (Å²) in [5, 5.41) is 3.35. The van der Waals surface area contributed by atoms with Crippen molar-refractivity contribution in [1.29, 1.82) is 0 Å². The number of halogens is 2. The standard InChI is InChI=1S/C22H25Cl2NO4/c1-15(2)21(24)29-22(27)25-19(17-8-10-18(23)11-9-17)12-13-20(26)28-14-16-6-4-3-5-7-16/h3-11,15,19,21H,12-14H2,1-2H3,(H,25,27). The number of nitrogens with one attached hydrogen (secondary N) is 1. The number of carbonyl (C=O) groups is 2. The average Bonchev–Trinajstić information content (AvgIpc) is 2.70. The van der Waals surface area contributed by atoms with E-state index >= 15 is 0 Å². The SMILES string of the molecule is CC(C)C(Cl)OC(=O)NC(CCC(=O)OCc1ccccc1)c1ccc(Cl)cc1. The molecular weight excluding hydrogens is 413 g/mol. The smallest absolute Gasteiger partial charge is 0.409 e. The Labute approximate surface area is 181 Å². The molecule has 2 aromatic carbocycles. The number of hydrogen-bond donors (Lipinski definition) is 1. The molecule has 0 bridgehead atoms. The molecule has 29 heavy (non-hydrogen) atoms. The molecule has 2 atom stereocenters. The quantitative estimate of drug-likeness (QED) is 0.394. The maximum Gasteiger partial charge on any atom is 0.409 e. The highest BCUT2D eigenvalue weighted by Gasteiger charge is 2.21. The molecule has 0 aliphatic carbocycles. The summed E-state index contributed by atoms with van der Waals surface area (Å²) in [6.07, 6.45) is -0.162. The van der Waals surface area contributed by atoms with Crippen LogP contribution >= 0.6 is 23.2 Å². The van der Waals surface area contributed by atoms with Crippen LogP contribution in [0.5, 0.6) is 0 Å². The van der Waals surface area contributed by atoms with Crippen LogP contribution in [0.2, 0.25) is 5.02 Å². The van der Waals surface area contributed by atoms with Crippen LogP contribution < -0.4 is 5.32 Å². The second kappa shape index (κ2) is 11.7. The van der Waals surface area contributed by atoms with Gasteiger partial charge in [0.1, 0.15) is 6.61 Å². The lowest BCUT2D eigenvalue weighted by Crippen LogP contribution is -2.32. The van der Waals surface area contributed by atoms with Gasteiger partial charge in [-0.2, -0.15) is 0 Å². The number of alkyl halides is 1. The van der Waals surface area contributed by atoms with Crippen molar-refractivity contribution in [3.05, 3.63) is 70.7 Å². The fourth-order valence-electron chi connectivity index (χ4n) is 2.50. The van der Waals surface area contributed by atoms with E-state index in [9.17, 15) is 9.59 Å². The van der Waals surface area contributed by atoms with Crippen LogP contribution in [0, 0.1) is 5.92 Å². The van der Waals surface area contributed by atoms with Gasteiger partial charge >= 0.3 is 12.1 Å². The maximum atomic E-state index is 12.2. The van der Waals surface area contributed by atoms with Gasteiger partial charge in [0.2, 0.25) is 0 Å². The van der Waals surface area contributed by atoms with E-state index in [2.05, 4.69) is 5.32 Å². The van der Waals surface area contributed by atoms with Crippen LogP contribution in [0.4, 0.5) is 4.79 Å². The van der Waals surface area contributed by atoms with Gasteiger partial charge in [0.25, 0.3) is 0 Å². The zero-order chi connectivity index (χ0) is 21.2. The first kappa shape index (κ1) is 23.0. The number of benzene rings is 2. The van der Waals surface area contributed by atoms with Gasteiger partial charge in [-0.3, -0.25) is 4.79 Å². The second-order valence-electron chi connectivity index (χ2n) is 6.93. The Morgan fingerprint density at radius 1 is 1.03 bits per heavy atom. The van der Waals surface area contributed by atoms with E-state index in [1.807, 2.05) is 44.2 Å². The number of alkyl carbamates (subject to hydrolysis) is 1. The first-order valence-electron chi connectivity index (χ1n) is 9.41. The van der Waals surface area contributed by atoms with Crippen molar-refractivity contribution in [2.24, 2.45) is 5.92 Å². The van der Waals surface area contributed by atoms with E-state index < -0.39 is 17.7 Å². The predicted molar refractivity (Wildman–Crippen MR) is 114 cm³/mol. The normalized spacial score (nSPS) is 12.9. The molecule has 0 saturated carbocycles. The Morgan fingerprint density at radius 2 is 1.69 bits per heavy atom. The van der Waals surface area contributed by atoms with E-state index in [1.54, 1.807) is 24.3 Å². The summed E-state index contributed by atoms with van der Waals surface area (Å²) in [5.41, 5.74) is 0.980. The minimum absolute atomic E-state index is 0.0237. The molecule has 7 heteroatoms. The van der Waals surface area contributed by atoms with E-state index in [0.717, 1.165) is 11.1 Å². The molecule has 1 amide bonds. The maximum absolute atomic E-state index is 12.2. The molecule has 0 radical (unpaired) electrons. The Balaban J connectivity index is 1.94. The number of ether oxygens (including phenoxy) is 2. The lowest BCUT2D eigenvalue weighted by atomic mass is 10.0. The highest BCUT2D eigenvalue weighted by Crippen LogP contribution is 2.22. The second-order valence-corrected chi connectivity index (χ2v) is 7.80. The number of hydrogen-bond acceptors (Lipinski definition) is 4. The van der Waals surface area contributed by atoms with E-state index in [4.69, 9.17) is 32.7 Å². The number of esters is 1. The summed E-state index contributed by atoms with van der Waals surface area (Å²) in [6.45, 7) is 3.91. The summed E-state index contributed by atoms with van der Waals surface area (Å²) in [6, 6.07) is 16.0. The van der Waals surface area contributed by atoms with Crippen LogP contribution in [0.3, 0.4) is 0 Å². The van der Waals surface area contributed by atoms with Gasteiger partial charge < -0.3 is 14.8 Å². The Hall–Kier alpha value is -2.24. The summed E-state index contributed by atoms with van der Waals surface area (Å²) in [7, 11) is 0. The Bertz CT molecular complexity index is 781. The zero-order valence-electron chi connectivity index (χ0n) is 16.4. The summed E-state index contributed by atoms with van der Waals surface area (Å²) in [5.74, 6) is -0.371. The number of rotatable bonds is 9. The van der Waals surface area contributed by atoms with Crippen LogP contribution in [0.25, 0.3) is 0 Å². The van der Waals surface area contributed by atoms with Gasteiger partial charge in [0.15, 0.2) is 5.56 Å². The van der Waals surface area contributed by atoms with Crippen molar-refractivity contribution in [2.45, 2.75) is 44.9 Å². The molecule has 0 aliphatic heterocycles. The van der Waals surface area contributed by atoms with Crippen molar-refractivity contribution >= 4 is 35.3 Å². The molecule has 2 rings (SSSR count). The lowest BCUT2D eigenvalue weighted by molar-refractivity contribution is -0.145. The molecule has 5 nitrogen and oxygen atoms in total. The van der Waals surface area contributed by atoms with Gasteiger partial charge in [-0.1, -0.05) is 79.5 Å². The third-order valence-electron chi connectivity index (χ3n) is 4.19. The van der Waals surface area contributed by atoms with Crippen molar-refractivity contribution < 1.29 is 19.1 Å².